The number of hydrogen-bond acceptors (Lipinski definition) is 5. The Labute approximate surface area is 125 Å². The average molecular weight is 318 g/mol. The summed E-state index contributed by atoms with van der Waals surface area (Å²) in [5.74, 6) is 0.388. The van der Waals surface area contributed by atoms with Gasteiger partial charge in [0.1, 0.15) is 4.21 Å². The zero-order valence-corrected chi connectivity index (χ0v) is 13.5. The van der Waals surface area contributed by atoms with Crippen molar-refractivity contribution in [2.75, 3.05) is 32.8 Å². The molecule has 1 saturated heterocycles. The van der Waals surface area contributed by atoms with Crippen LogP contribution in [-0.2, 0) is 14.8 Å². The Hall–Kier alpha value is -0.470. The Morgan fingerprint density at radius 1 is 1.40 bits per heavy atom. The molecule has 0 saturated carbocycles. The fourth-order valence-corrected chi connectivity index (χ4v) is 4.47. The maximum atomic E-state index is 12.2. The van der Waals surface area contributed by atoms with Gasteiger partial charge < -0.3 is 4.74 Å². The van der Waals surface area contributed by atoms with Crippen LogP contribution in [0, 0.1) is 5.92 Å². The third-order valence-corrected chi connectivity index (χ3v) is 6.35. The third kappa shape index (κ3) is 4.02. The molecular formula is C13H22N2O3S2. The molecular weight excluding hydrogens is 296 g/mol. The number of sulfonamides is 1. The summed E-state index contributed by atoms with van der Waals surface area (Å²) in [6.07, 6.45) is 0. The fraction of sp³-hybridized carbons (Fsp3) is 0.692. The third-order valence-electron chi connectivity index (χ3n) is 3.53. The molecule has 1 atom stereocenters. The zero-order valence-electron chi connectivity index (χ0n) is 11.9. The molecule has 0 aromatic carbocycles. The lowest BCUT2D eigenvalue weighted by atomic mass is 10.0. The summed E-state index contributed by atoms with van der Waals surface area (Å²) in [4.78, 5) is 2.31. The molecule has 1 aromatic heterocycles. The number of morpholine rings is 1. The topological polar surface area (TPSA) is 58.6 Å². The van der Waals surface area contributed by atoms with Gasteiger partial charge in [0.2, 0.25) is 10.0 Å². The molecule has 0 aliphatic carbocycles. The quantitative estimate of drug-likeness (QED) is 0.861. The lowest BCUT2D eigenvalue weighted by molar-refractivity contribution is 0.00776. The van der Waals surface area contributed by atoms with E-state index in [1.165, 1.54) is 11.3 Å². The summed E-state index contributed by atoms with van der Waals surface area (Å²) in [5, 5.41) is 1.77. The smallest absolute Gasteiger partial charge is 0.250 e. The summed E-state index contributed by atoms with van der Waals surface area (Å²) in [6, 6.07) is 3.58. The van der Waals surface area contributed by atoms with Gasteiger partial charge in [-0.1, -0.05) is 19.9 Å². The SMILES string of the molecule is CC(C)[C@@H](CNS(=O)(=O)c1cccs1)N1CCOCC1. The number of hydrogen-bond donors (Lipinski definition) is 1. The minimum atomic E-state index is -3.37. The van der Waals surface area contributed by atoms with Gasteiger partial charge >= 0.3 is 0 Å². The zero-order chi connectivity index (χ0) is 14.6. The molecule has 114 valence electrons. The van der Waals surface area contributed by atoms with Crippen LogP contribution in [0.5, 0.6) is 0 Å². The first-order valence-corrected chi connectivity index (χ1v) is 9.22. The Bertz CT molecular complexity index is 494. The molecule has 2 rings (SSSR count). The van der Waals surface area contributed by atoms with Crippen LogP contribution < -0.4 is 4.72 Å². The highest BCUT2D eigenvalue weighted by molar-refractivity contribution is 7.91. The molecule has 1 aliphatic rings. The van der Waals surface area contributed by atoms with Crippen LogP contribution in [0.2, 0.25) is 0 Å². The molecule has 20 heavy (non-hydrogen) atoms. The van der Waals surface area contributed by atoms with Crippen molar-refractivity contribution < 1.29 is 13.2 Å². The molecule has 0 bridgehead atoms. The number of thiophene rings is 1. The summed E-state index contributed by atoms with van der Waals surface area (Å²) >= 11 is 1.24. The monoisotopic (exact) mass is 318 g/mol. The van der Waals surface area contributed by atoms with Crippen molar-refractivity contribution in [2.45, 2.75) is 24.1 Å². The van der Waals surface area contributed by atoms with E-state index in [4.69, 9.17) is 4.74 Å². The van der Waals surface area contributed by atoms with Crippen LogP contribution in [0.4, 0.5) is 0 Å². The molecule has 1 aromatic rings. The second-order valence-electron chi connectivity index (χ2n) is 5.24. The van der Waals surface area contributed by atoms with Crippen molar-refractivity contribution >= 4 is 21.4 Å². The molecule has 5 nitrogen and oxygen atoms in total. The van der Waals surface area contributed by atoms with Crippen molar-refractivity contribution in [2.24, 2.45) is 5.92 Å². The molecule has 0 unspecified atom stereocenters. The second-order valence-corrected chi connectivity index (χ2v) is 8.19. The van der Waals surface area contributed by atoms with Gasteiger partial charge in [-0.2, -0.15) is 0 Å². The predicted molar refractivity (Wildman–Crippen MR) is 80.5 cm³/mol. The van der Waals surface area contributed by atoms with Crippen LogP contribution in [-0.4, -0.2) is 52.2 Å². The van der Waals surface area contributed by atoms with Gasteiger partial charge in [0.05, 0.1) is 13.2 Å². The normalized spacial score (nSPS) is 19.4. The van der Waals surface area contributed by atoms with Gasteiger partial charge in [-0.05, 0) is 17.4 Å². The van der Waals surface area contributed by atoms with Gasteiger partial charge in [0.25, 0.3) is 0 Å². The van der Waals surface area contributed by atoms with E-state index in [1.54, 1.807) is 17.5 Å². The Balaban J connectivity index is 1.98. The Kier molecular flexibility index (Phi) is 5.57. The minimum absolute atomic E-state index is 0.202. The lowest BCUT2D eigenvalue weighted by Crippen LogP contribution is -2.51. The van der Waals surface area contributed by atoms with Crippen molar-refractivity contribution in [3.63, 3.8) is 0 Å². The van der Waals surface area contributed by atoms with Crippen molar-refractivity contribution in [1.29, 1.82) is 0 Å². The summed E-state index contributed by atoms with van der Waals surface area (Å²) in [5.41, 5.74) is 0. The molecule has 7 heteroatoms. The molecule has 1 fully saturated rings. The fourth-order valence-electron chi connectivity index (χ4n) is 2.38. The highest BCUT2D eigenvalue weighted by Crippen LogP contribution is 2.17. The number of rotatable bonds is 6. The van der Waals surface area contributed by atoms with Crippen molar-refractivity contribution in [1.82, 2.24) is 9.62 Å². The summed E-state index contributed by atoms with van der Waals surface area (Å²) in [6.45, 7) is 7.87. The molecule has 0 radical (unpaired) electrons. The van der Waals surface area contributed by atoms with Crippen molar-refractivity contribution in [3.05, 3.63) is 17.5 Å². The van der Waals surface area contributed by atoms with Gasteiger partial charge in [-0.15, -0.1) is 11.3 Å². The van der Waals surface area contributed by atoms with Crippen LogP contribution in [0.25, 0.3) is 0 Å². The van der Waals surface area contributed by atoms with Gasteiger partial charge in [-0.25, -0.2) is 13.1 Å². The van der Waals surface area contributed by atoms with Crippen LogP contribution >= 0.6 is 11.3 Å². The number of nitrogens with one attached hydrogen (secondary N) is 1. The Morgan fingerprint density at radius 2 is 2.10 bits per heavy atom. The van der Waals surface area contributed by atoms with Gasteiger partial charge in [0, 0.05) is 25.7 Å². The highest BCUT2D eigenvalue weighted by atomic mass is 32.2. The van der Waals surface area contributed by atoms with E-state index in [9.17, 15) is 8.42 Å². The van der Waals surface area contributed by atoms with E-state index in [0.29, 0.717) is 16.7 Å². The van der Waals surface area contributed by atoms with E-state index in [1.807, 2.05) is 0 Å². The average Bonchev–Trinajstić information content (AvgIpc) is 2.94. The molecule has 0 amide bonds. The maximum Gasteiger partial charge on any atom is 0.250 e. The van der Waals surface area contributed by atoms with Gasteiger partial charge in [0.15, 0.2) is 0 Å². The van der Waals surface area contributed by atoms with Crippen LogP contribution in [0.3, 0.4) is 0 Å². The van der Waals surface area contributed by atoms with E-state index in [2.05, 4.69) is 23.5 Å². The maximum absolute atomic E-state index is 12.2. The molecule has 1 N–H and O–H groups in total. The largest absolute Gasteiger partial charge is 0.379 e. The van der Waals surface area contributed by atoms with Crippen LogP contribution in [0.15, 0.2) is 21.7 Å². The van der Waals surface area contributed by atoms with E-state index in [-0.39, 0.29) is 6.04 Å². The number of nitrogens with zero attached hydrogens (tertiary/aromatic N) is 1. The summed E-state index contributed by atoms with van der Waals surface area (Å²) < 4.78 is 32.8. The van der Waals surface area contributed by atoms with Crippen LogP contribution in [0.1, 0.15) is 13.8 Å². The Morgan fingerprint density at radius 3 is 2.65 bits per heavy atom. The van der Waals surface area contributed by atoms with E-state index >= 15 is 0 Å². The van der Waals surface area contributed by atoms with E-state index in [0.717, 1.165) is 26.3 Å². The molecule has 2 heterocycles. The first-order valence-electron chi connectivity index (χ1n) is 6.85. The van der Waals surface area contributed by atoms with Gasteiger partial charge in [-0.3, -0.25) is 4.90 Å². The number of ether oxygens (including phenoxy) is 1. The summed E-state index contributed by atoms with van der Waals surface area (Å²) in [7, 11) is -3.37. The highest BCUT2D eigenvalue weighted by Gasteiger charge is 2.26. The standard InChI is InChI=1S/C13H22N2O3S2/c1-11(2)12(15-5-7-18-8-6-15)10-14-20(16,17)13-4-3-9-19-13/h3-4,9,11-12,14H,5-8,10H2,1-2H3/t12-/m1/s1. The lowest BCUT2D eigenvalue weighted by Gasteiger charge is -2.36. The first-order chi connectivity index (χ1) is 9.50. The molecule has 0 spiro atoms. The van der Waals surface area contributed by atoms with Crippen molar-refractivity contribution in [3.8, 4) is 0 Å². The van der Waals surface area contributed by atoms with E-state index < -0.39 is 10.0 Å². The molecule has 1 aliphatic heterocycles. The first kappa shape index (κ1) is 15.9. The minimum Gasteiger partial charge on any atom is -0.379 e. The second kappa shape index (κ2) is 7.00. The predicted octanol–water partition coefficient (Wildman–Crippen LogP) is 1.38.